The molecule has 0 aromatic carbocycles. The first-order valence-corrected chi connectivity index (χ1v) is 7.21. The number of rotatable bonds is 4. The lowest BCUT2D eigenvalue weighted by Crippen LogP contribution is -2.64. The van der Waals surface area contributed by atoms with E-state index in [-0.39, 0.29) is 12.5 Å². The third-order valence-electron chi connectivity index (χ3n) is 3.74. The van der Waals surface area contributed by atoms with Gasteiger partial charge in [0.25, 0.3) is 0 Å². The fraction of sp³-hybridized carbons (Fsp3) is 0.538. The summed E-state index contributed by atoms with van der Waals surface area (Å²) in [5.41, 5.74) is -0.0578. The highest BCUT2D eigenvalue weighted by Gasteiger charge is 2.51. The molecule has 0 atom stereocenters. The number of thiophene rings is 1. The molecule has 0 bridgehead atoms. The van der Waals surface area contributed by atoms with E-state index in [0.29, 0.717) is 29.6 Å². The Morgan fingerprint density at radius 3 is 3.00 bits per heavy atom. The molecule has 1 aromatic rings. The minimum Gasteiger partial charge on any atom is -0.387 e. The molecule has 1 saturated heterocycles. The zero-order valence-electron chi connectivity index (χ0n) is 10.4. The van der Waals surface area contributed by atoms with E-state index in [4.69, 9.17) is 5.26 Å². The smallest absolute Gasteiger partial charge is 0.239 e. The third kappa shape index (κ3) is 2.50. The Labute approximate surface area is 115 Å². The number of hydrogen-bond acceptors (Lipinski definition) is 5. The summed E-state index contributed by atoms with van der Waals surface area (Å²) in [6, 6.07) is 3.73. The number of carbonyl (C=O) groups is 1. The first kappa shape index (κ1) is 12.6. The average Bonchev–Trinajstić information content (AvgIpc) is 3.09. The predicted molar refractivity (Wildman–Crippen MR) is 71.8 cm³/mol. The summed E-state index contributed by atoms with van der Waals surface area (Å²) in [7, 11) is 0. The van der Waals surface area contributed by atoms with E-state index in [0.717, 1.165) is 12.8 Å². The molecule has 2 heterocycles. The molecule has 6 heteroatoms. The highest BCUT2D eigenvalue weighted by Crippen LogP contribution is 2.44. The maximum Gasteiger partial charge on any atom is 0.239 e. The number of anilines is 1. The van der Waals surface area contributed by atoms with Crippen molar-refractivity contribution in [3.8, 4) is 6.07 Å². The molecule has 0 radical (unpaired) electrons. The lowest BCUT2D eigenvalue weighted by Gasteiger charge is -2.46. The van der Waals surface area contributed by atoms with E-state index in [1.54, 1.807) is 11.4 Å². The number of carbonyl (C=O) groups excluding carboxylic acids is 1. The second-order valence-corrected chi connectivity index (χ2v) is 6.26. The van der Waals surface area contributed by atoms with Crippen LogP contribution in [0.2, 0.25) is 0 Å². The zero-order valence-corrected chi connectivity index (χ0v) is 11.2. The van der Waals surface area contributed by atoms with E-state index < -0.39 is 5.60 Å². The summed E-state index contributed by atoms with van der Waals surface area (Å²) in [5.74, 6) is 0.311. The van der Waals surface area contributed by atoms with Gasteiger partial charge in [0.1, 0.15) is 11.1 Å². The number of β-amino-alcohol motifs (C(OH)–C–C–N with tert-alkyl or cyclic N) is 1. The van der Waals surface area contributed by atoms with Crippen LogP contribution in [-0.2, 0) is 4.79 Å². The van der Waals surface area contributed by atoms with Gasteiger partial charge < -0.3 is 10.4 Å². The molecule has 1 saturated carbocycles. The van der Waals surface area contributed by atoms with Crippen molar-refractivity contribution in [2.45, 2.75) is 18.4 Å². The van der Waals surface area contributed by atoms with Gasteiger partial charge in [0.05, 0.1) is 17.7 Å². The van der Waals surface area contributed by atoms with Gasteiger partial charge >= 0.3 is 0 Å². The van der Waals surface area contributed by atoms with Gasteiger partial charge in [0, 0.05) is 13.1 Å². The van der Waals surface area contributed by atoms with Crippen molar-refractivity contribution >= 4 is 22.2 Å². The van der Waals surface area contributed by atoms with Crippen LogP contribution in [0.15, 0.2) is 11.4 Å². The van der Waals surface area contributed by atoms with Crippen molar-refractivity contribution in [3.63, 3.8) is 0 Å². The van der Waals surface area contributed by atoms with E-state index in [1.165, 1.54) is 11.3 Å². The van der Waals surface area contributed by atoms with Gasteiger partial charge in [-0.15, -0.1) is 11.3 Å². The summed E-state index contributed by atoms with van der Waals surface area (Å²) in [6.45, 7) is 1.44. The zero-order chi connectivity index (χ0) is 13.5. The quantitative estimate of drug-likeness (QED) is 0.861. The molecule has 3 rings (SSSR count). The first-order chi connectivity index (χ1) is 9.10. The van der Waals surface area contributed by atoms with Crippen LogP contribution in [-0.4, -0.2) is 41.1 Å². The molecule has 19 heavy (non-hydrogen) atoms. The minimum atomic E-state index is -0.555. The Kier molecular flexibility index (Phi) is 3.05. The third-order valence-corrected chi connectivity index (χ3v) is 4.57. The van der Waals surface area contributed by atoms with Crippen LogP contribution in [0.25, 0.3) is 0 Å². The van der Waals surface area contributed by atoms with Crippen LogP contribution in [0.3, 0.4) is 0 Å². The lowest BCUT2D eigenvalue weighted by molar-refractivity contribution is -0.132. The van der Waals surface area contributed by atoms with E-state index in [1.807, 2.05) is 11.0 Å². The largest absolute Gasteiger partial charge is 0.387 e. The molecule has 1 aromatic heterocycles. The summed E-state index contributed by atoms with van der Waals surface area (Å²) in [6.07, 6.45) is 2.22. The maximum absolute atomic E-state index is 11.8. The van der Waals surface area contributed by atoms with Crippen molar-refractivity contribution < 1.29 is 9.90 Å². The monoisotopic (exact) mass is 277 g/mol. The first-order valence-electron chi connectivity index (χ1n) is 6.33. The molecule has 2 aliphatic rings. The number of nitriles is 1. The Bertz CT molecular complexity index is 538. The van der Waals surface area contributed by atoms with Crippen LogP contribution in [0.4, 0.5) is 5.00 Å². The van der Waals surface area contributed by atoms with Gasteiger partial charge in [0.15, 0.2) is 0 Å². The molecule has 0 unspecified atom stereocenters. The molecule has 0 spiro atoms. The number of amides is 1. The van der Waals surface area contributed by atoms with Crippen LogP contribution in [0.5, 0.6) is 0 Å². The molecule has 5 nitrogen and oxygen atoms in total. The van der Waals surface area contributed by atoms with Gasteiger partial charge in [-0.1, -0.05) is 0 Å². The SMILES string of the molecule is N#Cc1ccsc1NC(=O)CN1CC(O)(C2CC2)C1. The Balaban J connectivity index is 1.49. The van der Waals surface area contributed by atoms with Gasteiger partial charge in [-0.2, -0.15) is 5.26 Å². The maximum atomic E-state index is 11.8. The van der Waals surface area contributed by atoms with Gasteiger partial charge in [0.2, 0.25) is 5.91 Å². The summed E-state index contributed by atoms with van der Waals surface area (Å²) in [5, 5.41) is 24.1. The molecule has 2 N–H and O–H groups in total. The molecule has 1 amide bonds. The lowest BCUT2D eigenvalue weighted by atomic mass is 9.89. The molecular formula is C13H15N3O2S. The highest BCUT2D eigenvalue weighted by atomic mass is 32.1. The molecule has 2 fully saturated rings. The Hall–Kier alpha value is -1.42. The van der Waals surface area contributed by atoms with E-state index in [2.05, 4.69) is 5.32 Å². The molecule has 1 aliphatic carbocycles. The second-order valence-electron chi connectivity index (χ2n) is 5.35. The highest BCUT2D eigenvalue weighted by molar-refractivity contribution is 7.14. The van der Waals surface area contributed by atoms with Crippen molar-refractivity contribution in [3.05, 3.63) is 17.0 Å². The number of likely N-dealkylation sites (tertiary alicyclic amines) is 1. The average molecular weight is 277 g/mol. The van der Waals surface area contributed by atoms with Crippen LogP contribution in [0.1, 0.15) is 18.4 Å². The standard InChI is InChI=1S/C13H15N3O2S/c14-5-9-3-4-19-12(9)15-11(17)6-16-7-13(18,8-16)10-1-2-10/h3-4,10,18H,1-2,6-8H2,(H,15,17). The van der Waals surface area contributed by atoms with Crippen LogP contribution in [0, 0.1) is 17.2 Å². The van der Waals surface area contributed by atoms with E-state index in [9.17, 15) is 9.90 Å². The number of nitrogens with one attached hydrogen (secondary N) is 1. The van der Waals surface area contributed by atoms with Crippen molar-refractivity contribution in [1.29, 1.82) is 5.26 Å². The summed E-state index contributed by atoms with van der Waals surface area (Å²) in [4.78, 5) is 13.8. The number of aliphatic hydroxyl groups is 1. The molecule has 1 aliphatic heterocycles. The number of hydrogen-bond donors (Lipinski definition) is 2. The summed E-state index contributed by atoms with van der Waals surface area (Å²) < 4.78 is 0. The fourth-order valence-electron chi connectivity index (χ4n) is 2.58. The van der Waals surface area contributed by atoms with Gasteiger partial charge in [-0.25, -0.2) is 0 Å². The van der Waals surface area contributed by atoms with Crippen molar-refractivity contribution in [2.75, 3.05) is 25.0 Å². The topological polar surface area (TPSA) is 76.4 Å². The minimum absolute atomic E-state index is 0.128. The van der Waals surface area contributed by atoms with Gasteiger partial charge in [-0.3, -0.25) is 9.69 Å². The second kappa shape index (κ2) is 4.60. The number of nitrogens with zero attached hydrogens (tertiary/aromatic N) is 2. The molecule has 100 valence electrons. The van der Waals surface area contributed by atoms with Gasteiger partial charge in [-0.05, 0) is 30.2 Å². The van der Waals surface area contributed by atoms with Crippen LogP contribution >= 0.6 is 11.3 Å². The van der Waals surface area contributed by atoms with E-state index >= 15 is 0 Å². The Morgan fingerprint density at radius 2 is 2.37 bits per heavy atom. The Morgan fingerprint density at radius 1 is 1.63 bits per heavy atom. The van der Waals surface area contributed by atoms with Crippen LogP contribution < -0.4 is 5.32 Å². The fourth-order valence-corrected chi connectivity index (χ4v) is 3.34. The summed E-state index contributed by atoms with van der Waals surface area (Å²) >= 11 is 1.35. The predicted octanol–water partition coefficient (Wildman–Crippen LogP) is 1.01. The normalized spacial score (nSPS) is 21.5. The van der Waals surface area contributed by atoms with Crippen molar-refractivity contribution in [1.82, 2.24) is 4.90 Å². The van der Waals surface area contributed by atoms with Crippen molar-refractivity contribution in [2.24, 2.45) is 5.92 Å². The molecular weight excluding hydrogens is 262 g/mol.